The number of aryl methyl sites for hydroxylation is 3. The zero-order valence-corrected chi connectivity index (χ0v) is 19.0. The number of benzene rings is 2. The van der Waals surface area contributed by atoms with Gasteiger partial charge in [-0.05, 0) is 74.2 Å². The van der Waals surface area contributed by atoms with E-state index in [1.807, 2.05) is 42.8 Å². The highest BCUT2D eigenvalue weighted by Gasteiger charge is 2.12. The molecule has 4 rings (SSSR count). The van der Waals surface area contributed by atoms with Gasteiger partial charge in [0, 0.05) is 29.4 Å². The molecule has 0 amide bonds. The van der Waals surface area contributed by atoms with Crippen molar-refractivity contribution in [2.24, 2.45) is 0 Å². The topological polar surface area (TPSA) is 51.9 Å². The maximum Gasteiger partial charge on any atom is 0.255 e. The predicted octanol–water partition coefficient (Wildman–Crippen LogP) is 4.84. The summed E-state index contributed by atoms with van der Waals surface area (Å²) in [6.45, 7) is 6.33. The molecule has 0 aliphatic heterocycles. The van der Waals surface area contributed by atoms with Gasteiger partial charge in [0.1, 0.15) is 5.82 Å². The Morgan fingerprint density at radius 3 is 2.62 bits per heavy atom. The van der Waals surface area contributed by atoms with E-state index in [1.165, 1.54) is 12.1 Å². The van der Waals surface area contributed by atoms with Gasteiger partial charge in [0.15, 0.2) is 0 Å². The maximum atomic E-state index is 14.0. The van der Waals surface area contributed by atoms with Crippen LogP contribution in [0.25, 0.3) is 10.9 Å². The van der Waals surface area contributed by atoms with Crippen LogP contribution in [0.1, 0.15) is 28.9 Å². The Morgan fingerprint density at radius 1 is 1.06 bits per heavy atom. The number of halogens is 2. The molecule has 0 saturated heterocycles. The second-order valence-corrected chi connectivity index (χ2v) is 8.44. The van der Waals surface area contributed by atoms with Gasteiger partial charge in [-0.2, -0.15) is 5.10 Å². The Kier molecular flexibility index (Phi) is 6.72. The molecule has 0 aliphatic carbocycles. The molecule has 5 nitrogen and oxygen atoms in total. The quantitative estimate of drug-likeness (QED) is 0.389. The van der Waals surface area contributed by atoms with Gasteiger partial charge < -0.3 is 9.88 Å². The van der Waals surface area contributed by atoms with Crippen LogP contribution in [0.2, 0.25) is 5.02 Å². The fraction of sp³-hybridized carbons (Fsp3) is 0.280. The van der Waals surface area contributed by atoms with Crippen LogP contribution in [0.5, 0.6) is 0 Å². The lowest BCUT2D eigenvalue weighted by atomic mass is 10.1. The standard InChI is InChI=1S/C25H26ClFN4O/c1-17-12-18(2)31(29-17)11-5-10-28-15-21-13-19-8-9-22(27)14-24(19)30(25(21)32)16-20-6-3-4-7-23(20)26/h3-4,6-9,12-14,28H,5,10-11,15-16H2,1-2H3. The SMILES string of the molecule is Cc1cc(C)n(CCCNCc2cc3ccc(F)cc3n(Cc3ccccc3Cl)c2=O)n1. The molecule has 0 bridgehead atoms. The monoisotopic (exact) mass is 452 g/mol. The lowest BCUT2D eigenvalue weighted by molar-refractivity contribution is 0.531. The molecule has 0 atom stereocenters. The molecule has 0 saturated carbocycles. The highest BCUT2D eigenvalue weighted by Crippen LogP contribution is 2.20. The molecule has 0 unspecified atom stereocenters. The first-order chi connectivity index (χ1) is 15.4. The summed E-state index contributed by atoms with van der Waals surface area (Å²) >= 11 is 6.32. The maximum absolute atomic E-state index is 14.0. The van der Waals surface area contributed by atoms with Crippen molar-refractivity contribution < 1.29 is 4.39 Å². The summed E-state index contributed by atoms with van der Waals surface area (Å²) in [6, 6.07) is 15.8. The Hall–Kier alpha value is -2.96. The molecular formula is C25H26ClFN4O. The number of hydrogen-bond acceptors (Lipinski definition) is 3. The lowest BCUT2D eigenvalue weighted by Gasteiger charge is -2.15. The first-order valence-electron chi connectivity index (χ1n) is 10.7. The fourth-order valence-electron chi connectivity index (χ4n) is 3.96. The molecule has 2 aromatic heterocycles. The van der Waals surface area contributed by atoms with Gasteiger partial charge in [-0.15, -0.1) is 0 Å². The number of fused-ring (bicyclic) bond motifs is 1. The Bertz CT molecular complexity index is 1310. The Balaban J connectivity index is 1.53. The summed E-state index contributed by atoms with van der Waals surface area (Å²) in [7, 11) is 0. The molecule has 166 valence electrons. The molecule has 1 N–H and O–H groups in total. The van der Waals surface area contributed by atoms with E-state index in [1.54, 1.807) is 16.7 Å². The number of nitrogens with zero attached hydrogens (tertiary/aromatic N) is 3. The lowest BCUT2D eigenvalue weighted by Crippen LogP contribution is -2.28. The second-order valence-electron chi connectivity index (χ2n) is 8.04. The van der Waals surface area contributed by atoms with E-state index < -0.39 is 0 Å². The zero-order valence-electron chi connectivity index (χ0n) is 18.2. The largest absolute Gasteiger partial charge is 0.312 e. The summed E-state index contributed by atoms with van der Waals surface area (Å²) in [5, 5.41) is 9.23. The molecule has 7 heteroatoms. The van der Waals surface area contributed by atoms with E-state index in [9.17, 15) is 9.18 Å². The number of nitrogens with one attached hydrogen (secondary N) is 1. The van der Waals surface area contributed by atoms with Crippen molar-refractivity contribution in [2.45, 2.75) is 39.9 Å². The van der Waals surface area contributed by atoms with Crippen LogP contribution < -0.4 is 10.9 Å². The van der Waals surface area contributed by atoms with Crippen molar-refractivity contribution in [1.82, 2.24) is 19.7 Å². The van der Waals surface area contributed by atoms with Crippen molar-refractivity contribution in [3.8, 4) is 0 Å². The number of hydrogen-bond donors (Lipinski definition) is 1. The molecule has 4 aromatic rings. The van der Waals surface area contributed by atoms with Gasteiger partial charge in [0.05, 0.1) is 17.8 Å². The average molecular weight is 453 g/mol. The highest BCUT2D eigenvalue weighted by molar-refractivity contribution is 6.31. The van der Waals surface area contributed by atoms with Gasteiger partial charge in [-0.25, -0.2) is 4.39 Å². The summed E-state index contributed by atoms with van der Waals surface area (Å²) in [6.07, 6.45) is 0.897. The molecule has 0 spiro atoms. The minimum atomic E-state index is -0.375. The van der Waals surface area contributed by atoms with Crippen molar-refractivity contribution in [3.05, 3.63) is 98.3 Å². The third-order valence-electron chi connectivity index (χ3n) is 5.56. The molecular weight excluding hydrogens is 427 g/mol. The Labute approximate surface area is 191 Å². The highest BCUT2D eigenvalue weighted by atomic mass is 35.5. The normalized spacial score (nSPS) is 11.4. The first-order valence-corrected chi connectivity index (χ1v) is 11.1. The van der Waals surface area contributed by atoms with Gasteiger partial charge in [0.2, 0.25) is 0 Å². The summed E-state index contributed by atoms with van der Waals surface area (Å²) in [5.41, 5.74) is 4.03. The summed E-state index contributed by atoms with van der Waals surface area (Å²) in [4.78, 5) is 13.3. The van der Waals surface area contributed by atoms with Crippen molar-refractivity contribution in [3.63, 3.8) is 0 Å². The van der Waals surface area contributed by atoms with Crippen LogP contribution in [-0.4, -0.2) is 20.9 Å². The zero-order chi connectivity index (χ0) is 22.7. The van der Waals surface area contributed by atoms with E-state index in [-0.39, 0.29) is 17.9 Å². The van der Waals surface area contributed by atoms with Crippen molar-refractivity contribution in [2.75, 3.05) is 6.54 Å². The number of rotatable bonds is 8. The van der Waals surface area contributed by atoms with Crippen LogP contribution in [0.15, 0.2) is 59.4 Å². The molecule has 32 heavy (non-hydrogen) atoms. The minimum Gasteiger partial charge on any atom is -0.312 e. The first kappa shape index (κ1) is 22.2. The van der Waals surface area contributed by atoms with Crippen LogP contribution in [0.4, 0.5) is 4.39 Å². The second kappa shape index (κ2) is 9.67. The summed E-state index contributed by atoms with van der Waals surface area (Å²) < 4.78 is 17.6. The molecule has 0 fully saturated rings. The van der Waals surface area contributed by atoms with Crippen LogP contribution in [0, 0.1) is 19.7 Å². The van der Waals surface area contributed by atoms with Crippen molar-refractivity contribution in [1.29, 1.82) is 0 Å². The van der Waals surface area contributed by atoms with E-state index in [2.05, 4.69) is 16.5 Å². The van der Waals surface area contributed by atoms with Crippen LogP contribution >= 0.6 is 11.6 Å². The van der Waals surface area contributed by atoms with E-state index in [0.717, 1.165) is 41.8 Å². The van der Waals surface area contributed by atoms with Crippen molar-refractivity contribution >= 4 is 22.5 Å². The summed E-state index contributed by atoms with van der Waals surface area (Å²) in [5.74, 6) is -0.375. The van der Waals surface area contributed by atoms with Gasteiger partial charge >= 0.3 is 0 Å². The average Bonchev–Trinajstić information content (AvgIpc) is 3.09. The van der Waals surface area contributed by atoms with E-state index >= 15 is 0 Å². The molecule has 0 radical (unpaired) electrons. The van der Waals surface area contributed by atoms with Gasteiger partial charge in [0.25, 0.3) is 5.56 Å². The smallest absolute Gasteiger partial charge is 0.255 e. The van der Waals surface area contributed by atoms with Crippen LogP contribution in [0.3, 0.4) is 0 Å². The third-order valence-corrected chi connectivity index (χ3v) is 5.93. The van der Waals surface area contributed by atoms with E-state index in [4.69, 9.17) is 11.6 Å². The molecule has 0 aliphatic rings. The van der Waals surface area contributed by atoms with Crippen LogP contribution in [-0.2, 0) is 19.6 Å². The fourth-order valence-corrected chi connectivity index (χ4v) is 4.16. The number of pyridine rings is 1. The number of aromatic nitrogens is 3. The molecule has 2 aromatic carbocycles. The van der Waals surface area contributed by atoms with Gasteiger partial charge in [-0.1, -0.05) is 29.8 Å². The van der Waals surface area contributed by atoms with Gasteiger partial charge in [-0.3, -0.25) is 9.48 Å². The minimum absolute atomic E-state index is 0.144. The molecule has 2 heterocycles. The van der Waals surface area contributed by atoms with E-state index in [0.29, 0.717) is 22.6 Å². The third kappa shape index (κ3) is 4.92. The predicted molar refractivity (Wildman–Crippen MR) is 127 cm³/mol. The Morgan fingerprint density at radius 2 is 1.88 bits per heavy atom.